The van der Waals surface area contributed by atoms with Crippen LogP contribution in [0.15, 0.2) is 11.1 Å². The van der Waals surface area contributed by atoms with Crippen molar-refractivity contribution in [2.45, 2.75) is 61.8 Å². The normalized spacial score (nSPS) is 16.6. The molecule has 0 aromatic carbocycles. The summed E-state index contributed by atoms with van der Waals surface area (Å²) in [5.74, 6) is -0.356. The van der Waals surface area contributed by atoms with E-state index in [0.717, 1.165) is 18.1 Å². The van der Waals surface area contributed by atoms with E-state index >= 15 is 0 Å². The fraction of sp³-hybridized carbons (Fsp3) is 0.684. The molecule has 0 aromatic rings. The quantitative estimate of drug-likeness (QED) is 0.425. The minimum atomic E-state index is -0.178. The van der Waals surface area contributed by atoms with E-state index in [1.54, 1.807) is 27.9 Å². The summed E-state index contributed by atoms with van der Waals surface area (Å²) in [5, 5.41) is 7.44. The van der Waals surface area contributed by atoms with Gasteiger partial charge in [-0.15, -0.1) is 0 Å². The third-order valence-electron chi connectivity index (χ3n) is 3.87. The summed E-state index contributed by atoms with van der Waals surface area (Å²) in [7, 11) is 5.77. The van der Waals surface area contributed by atoms with Crippen molar-refractivity contribution in [1.29, 1.82) is 0 Å². The van der Waals surface area contributed by atoms with Crippen LogP contribution in [0.25, 0.3) is 0 Å². The number of likely N-dealkylation sites (N-methyl/N-ethyl adjacent to an activating group) is 1. The van der Waals surface area contributed by atoms with Crippen LogP contribution in [0.5, 0.6) is 0 Å². The number of nitrogens with zero attached hydrogens (tertiary/aromatic N) is 1. The molecular weight excluding hydrogens is 490 g/mol. The van der Waals surface area contributed by atoms with Crippen molar-refractivity contribution in [1.82, 2.24) is 4.90 Å². The second kappa shape index (κ2) is 16.9. The number of hydrogen-bond acceptors (Lipinski definition) is 4. The number of amides is 2. The Labute approximate surface area is 171 Å². The predicted octanol–water partition coefficient (Wildman–Crippen LogP) is 4.40. The van der Waals surface area contributed by atoms with Crippen molar-refractivity contribution in [2.24, 2.45) is 5.41 Å². The van der Waals surface area contributed by atoms with Gasteiger partial charge in [0.25, 0.3) is 11.8 Å². The van der Waals surface area contributed by atoms with E-state index in [0.29, 0.717) is 16.6 Å². The number of aliphatic hydroxyl groups is 1. The number of carbonyl (C=O) groups excluding carboxylic acids is 2. The SMILES string of the molecule is C.C.CC1=C(C)C(=O)N(C)C1=O.COCC1(C)CCC1.C[CH-]O.[2H][CH2-].[W+2]. The Hall–Kier alpha value is -0.512. The standard InChI is InChI=1S/C7H9NO2.C7H14O.C2H5O.2CH4.CH3.W/c1-4-5(2)7(10)8(3)6(4)9;1-7(6-8-2)4-3-5-7;1-2-3;;;;/h1-3H3;3-6H2,1-2H3;2-3H,1H3;2*1H4;1H3;/q;;-1;;;-1;+2/i;;;;;1D;. The summed E-state index contributed by atoms with van der Waals surface area (Å²) in [6, 6.07) is 0. The Kier molecular flexibility index (Phi) is 21.8. The molecule has 150 valence electrons. The first kappa shape index (κ1) is 32.2. The monoisotopic (exact) mass is 530 g/mol. The van der Waals surface area contributed by atoms with Crippen LogP contribution in [0.1, 0.15) is 63.2 Å². The molecule has 0 bridgehead atoms. The van der Waals surface area contributed by atoms with Crippen LogP contribution >= 0.6 is 0 Å². The molecule has 1 aliphatic heterocycles. The summed E-state index contributed by atoms with van der Waals surface area (Å²) in [4.78, 5) is 23.1. The van der Waals surface area contributed by atoms with Gasteiger partial charge in [0, 0.05) is 25.3 Å². The second-order valence-corrected chi connectivity index (χ2v) is 5.77. The molecule has 2 amide bonds. The molecule has 1 aliphatic carbocycles. The maximum atomic E-state index is 11.0. The number of methoxy groups -OCH3 is 1. The molecule has 0 atom stereocenters. The topological polar surface area (TPSA) is 66.8 Å². The summed E-state index contributed by atoms with van der Waals surface area (Å²) < 4.78 is 10.5. The Morgan fingerprint density at radius 2 is 1.56 bits per heavy atom. The fourth-order valence-electron chi connectivity index (χ4n) is 2.19. The molecule has 0 saturated heterocycles. The van der Waals surface area contributed by atoms with Gasteiger partial charge in [-0.25, -0.2) is 7.98 Å². The predicted molar refractivity (Wildman–Crippen MR) is 102 cm³/mol. The van der Waals surface area contributed by atoms with Gasteiger partial charge in [-0.05, 0) is 32.1 Å². The summed E-state index contributed by atoms with van der Waals surface area (Å²) >= 11 is 0. The first-order chi connectivity index (χ1) is 10.7. The molecule has 6 heteroatoms. The molecule has 0 spiro atoms. The number of hydrogen-bond donors (Lipinski definition) is 1. The Balaban J connectivity index is -0.0000000839. The molecule has 5 nitrogen and oxygen atoms in total. The molecule has 1 saturated carbocycles. The number of rotatable bonds is 2. The minimum absolute atomic E-state index is 0. The van der Waals surface area contributed by atoms with Crippen molar-refractivity contribution in [2.75, 3.05) is 20.8 Å². The maximum Gasteiger partial charge on any atom is 2.00 e. The molecule has 1 N–H and O–H groups in total. The van der Waals surface area contributed by atoms with E-state index in [9.17, 15) is 9.59 Å². The Morgan fingerprint density at radius 3 is 1.64 bits per heavy atom. The van der Waals surface area contributed by atoms with Crippen LogP contribution < -0.4 is 0 Å². The fourth-order valence-corrected chi connectivity index (χ4v) is 2.19. The average Bonchev–Trinajstić information content (AvgIpc) is 2.68. The van der Waals surface area contributed by atoms with Gasteiger partial charge < -0.3 is 17.2 Å². The van der Waals surface area contributed by atoms with E-state index in [-0.39, 0.29) is 47.7 Å². The smallest absolute Gasteiger partial charge is 0.566 e. The average molecular weight is 530 g/mol. The maximum absolute atomic E-state index is 11.0. The minimum Gasteiger partial charge on any atom is -0.566 e. The zero-order valence-electron chi connectivity index (χ0n) is 16.1. The Bertz CT molecular complexity index is 386. The first-order valence-electron chi connectivity index (χ1n) is 7.85. The Morgan fingerprint density at radius 1 is 1.24 bits per heavy atom. The van der Waals surface area contributed by atoms with Crippen LogP contribution in [0.3, 0.4) is 0 Å². The van der Waals surface area contributed by atoms with Crippen LogP contribution in [0, 0.1) is 19.4 Å². The van der Waals surface area contributed by atoms with Crippen molar-refractivity contribution in [3.05, 3.63) is 25.2 Å². The second-order valence-electron chi connectivity index (χ2n) is 5.77. The van der Waals surface area contributed by atoms with Gasteiger partial charge in [-0.2, -0.15) is 6.92 Å². The van der Waals surface area contributed by atoms with Gasteiger partial charge >= 0.3 is 21.1 Å². The molecular formula is C19H39NO4W. The van der Waals surface area contributed by atoms with Gasteiger partial charge in [-0.1, -0.05) is 28.2 Å². The number of imide groups is 1. The third kappa shape index (κ3) is 10.9. The summed E-state index contributed by atoms with van der Waals surface area (Å²) in [6.45, 7) is 9.13. The van der Waals surface area contributed by atoms with E-state index in [1.165, 1.54) is 26.3 Å². The van der Waals surface area contributed by atoms with E-state index in [2.05, 4.69) is 14.3 Å². The van der Waals surface area contributed by atoms with Crippen molar-refractivity contribution < 1.29 is 41.9 Å². The van der Waals surface area contributed by atoms with Gasteiger partial charge in [0.2, 0.25) is 0 Å². The van der Waals surface area contributed by atoms with Gasteiger partial charge in [-0.3, -0.25) is 14.5 Å². The molecule has 0 unspecified atom stereocenters. The summed E-state index contributed by atoms with van der Waals surface area (Å²) in [6.07, 6.45) is 4.13. The molecule has 0 aromatic heterocycles. The van der Waals surface area contributed by atoms with Crippen LogP contribution in [-0.4, -0.2) is 42.6 Å². The molecule has 25 heavy (non-hydrogen) atoms. The molecule has 1 heterocycles. The zero-order chi connectivity index (χ0) is 18.6. The van der Waals surface area contributed by atoms with E-state index in [1.807, 2.05) is 0 Å². The van der Waals surface area contributed by atoms with Crippen LogP contribution in [0.2, 0.25) is 0 Å². The van der Waals surface area contributed by atoms with Crippen molar-refractivity contribution in [3.8, 4) is 0 Å². The number of carbonyl (C=O) groups is 2. The van der Waals surface area contributed by atoms with Gasteiger partial charge in [0.15, 0.2) is 0 Å². The van der Waals surface area contributed by atoms with Gasteiger partial charge in [0.05, 0.1) is 6.61 Å². The third-order valence-corrected chi connectivity index (χ3v) is 3.87. The van der Waals surface area contributed by atoms with Crippen LogP contribution in [-0.2, 0) is 35.4 Å². The van der Waals surface area contributed by atoms with E-state index < -0.39 is 0 Å². The van der Waals surface area contributed by atoms with Crippen LogP contribution in [0.4, 0.5) is 0 Å². The summed E-state index contributed by atoms with van der Waals surface area (Å²) in [5.41, 5.74) is 1.68. The first-order valence-corrected chi connectivity index (χ1v) is 7.15. The zero-order valence-corrected chi connectivity index (χ0v) is 18.1. The van der Waals surface area contributed by atoms with Gasteiger partial charge in [0.1, 0.15) is 0 Å². The molecule has 1 fully saturated rings. The molecule has 0 radical (unpaired) electrons. The van der Waals surface area contributed by atoms with Crippen molar-refractivity contribution >= 4 is 11.8 Å². The largest absolute Gasteiger partial charge is 2.00 e. The van der Waals surface area contributed by atoms with Crippen molar-refractivity contribution in [3.63, 3.8) is 0 Å². The van der Waals surface area contributed by atoms with E-state index in [4.69, 9.17) is 11.2 Å². The number of aliphatic hydroxyl groups excluding tert-OH is 1. The number of ether oxygens (including phenoxy) is 1. The molecule has 2 aliphatic rings. The molecule has 2 rings (SSSR count).